The lowest BCUT2D eigenvalue weighted by atomic mass is 10.1. The lowest BCUT2D eigenvalue weighted by molar-refractivity contribution is 0.0133. The zero-order valence-corrected chi connectivity index (χ0v) is 18.1. The number of hydrogen-bond acceptors (Lipinski definition) is 5. The molecular weight excluding hydrogens is 346 g/mol. The van der Waals surface area contributed by atoms with E-state index in [4.69, 9.17) is 18.9 Å². The van der Waals surface area contributed by atoms with Crippen LogP contribution in [-0.4, -0.2) is 57.9 Å². The standard InChI is InChI=1S/C21H43NO5/c1-5-6-7-8-9-10-11-12-14-24-16-18-26-19-17-25-15-13-22-20(23)27-21(2,3)4/h5-19H2,1-4H3,(H,22,23). The van der Waals surface area contributed by atoms with Crippen LogP contribution in [0.1, 0.15) is 79.1 Å². The molecule has 1 amide bonds. The van der Waals surface area contributed by atoms with Gasteiger partial charge in [0.05, 0.1) is 33.0 Å². The zero-order valence-electron chi connectivity index (χ0n) is 18.1. The van der Waals surface area contributed by atoms with Crippen LogP contribution in [0.4, 0.5) is 4.79 Å². The smallest absolute Gasteiger partial charge is 0.407 e. The van der Waals surface area contributed by atoms with Gasteiger partial charge in [0.15, 0.2) is 0 Å². The molecule has 0 aromatic carbocycles. The molecule has 6 nitrogen and oxygen atoms in total. The molecule has 0 aromatic rings. The van der Waals surface area contributed by atoms with Crippen LogP contribution in [-0.2, 0) is 18.9 Å². The van der Waals surface area contributed by atoms with E-state index in [0.29, 0.717) is 39.6 Å². The number of unbranched alkanes of at least 4 members (excludes halogenated alkanes) is 7. The first-order chi connectivity index (χ1) is 13.0. The maximum Gasteiger partial charge on any atom is 0.407 e. The molecule has 0 spiro atoms. The monoisotopic (exact) mass is 389 g/mol. The third kappa shape index (κ3) is 23.1. The molecule has 0 saturated carbocycles. The molecule has 0 aromatic heterocycles. The van der Waals surface area contributed by atoms with Gasteiger partial charge in [-0.1, -0.05) is 51.9 Å². The average molecular weight is 390 g/mol. The van der Waals surface area contributed by atoms with E-state index in [1.807, 2.05) is 20.8 Å². The third-order valence-electron chi connectivity index (χ3n) is 3.80. The van der Waals surface area contributed by atoms with Crippen LogP contribution in [0.2, 0.25) is 0 Å². The minimum absolute atomic E-state index is 0.420. The Balaban J connectivity index is 3.12. The van der Waals surface area contributed by atoms with Crippen molar-refractivity contribution < 1.29 is 23.7 Å². The summed E-state index contributed by atoms with van der Waals surface area (Å²) in [7, 11) is 0. The summed E-state index contributed by atoms with van der Waals surface area (Å²) < 4.78 is 21.5. The van der Waals surface area contributed by atoms with Crippen molar-refractivity contribution in [2.75, 3.05) is 46.2 Å². The highest BCUT2D eigenvalue weighted by Crippen LogP contribution is 2.08. The Hall–Kier alpha value is -0.850. The van der Waals surface area contributed by atoms with Crippen molar-refractivity contribution in [3.8, 4) is 0 Å². The van der Waals surface area contributed by atoms with Gasteiger partial charge in [0.1, 0.15) is 5.60 Å². The molecule has 0 aliphatic rings. The lowest BCUT2D eigenvalue weighted by Gasteiger charge is -2.19. The first kappa shape index (κ1) is 26.1. The van der Waals surface area contributed by atoms with E-state index >= 15 is 0 Å². The summed E-state index contributed by atoms with van der Waals surface area (Å²) in [6.45, 7) is 11.7. The normalized spacial score (nSPS) is 11.6. The van der Waals surface area contributed by atoms with Crippen LogP contribution < -0.4 is 5.32 Å². The fourth-order valence-corrected chi connectivity index (χ4v) is 2.42. The van der Waals surface area contributed by atoms with E-state index in [9.17, 15) is 4.79 Å². The minimum atomic E-state index is -0.477. The van der Waals surface area contributed by atoms with Crippen molar-refractivity contribution in [1.29, 1.82) is 0 Å². The Morgan fingerprint density at radius 1 is 0.704 bits per heavy atom. The fourth-order valence-electron chi connectivity index (χ4n) is 2.42. The number of carbonyl (C=O) groups is 1. The second-order valence-corrected chi connectivity index (χ2v) is 7.74. The summed E-state index contributed by atoms with van der Waals surface area (Å²) in [6.07, 6.45) is 10.1. The number of carbonyl (C=O) groups excluding carboxylic acids is 1. The quantitative estimate of drug-likeness (QED) is 0.344. The van der Waals surface area contributed by atoms with E-state index in [-0.39, 0.29) is 0 Å². The molecule has 0 heterocycles. The number of nitrogens with one attached hydrogen (secondary N) is 1. The first-order valence-corrected chi connectivity index (χ1v) is 10.7. The molecule has 0 bridgehead atoms. The minimum Gasteiger partial charge on any atom is -0.444 e. The van der Waals surface area contributed by atoms with Gasteiger partial charge < -0.3 is 24.3 Å². The molecular formula is C21H43NO5. The number of ether oxygens (including phenoxy) is 4. The van der Waals surface area contributed by atoms with Crippen molar-refractivity contribution in [3.63, 3.8) is 0 Å². The summed E-state index contributed by atoms with van der Waals surface area (Å²) >= 11 is 0. The van der Waals surface area contributed by atoms with Crippen molar-refractivity contribution in [2.45, 2.75) is 84.7 Å². The molecule has 162 valence electrons. The highest BCUT2D eigenvalue weighted by molar-refractivity contribution is 5.67. The molecule has 0 rings (SSSR count). The average Bonchev–Trinajstić information content (AvgIpc) is 2.59. The number of alkyl carbamates (subject to hydrolysis) is 1. The molecule has 27 heavy (non-hydrogen) atoms. The number of hydrogen-bond donors (Lipinski definition) is 1. The van der Waals surface area contributed by atoms with Crippen molar-refractivity contribution >= 4 is 6.09 Å². The second kappa shape index (κ2) is 18.5. The first-order valence-electron chi connectivity index (χ1n) is 10.7. The maximum atomic E-state index is 11.4. The predicted octanol–water partition coefficient (Wildman–Crippen LogP) is 4.70. The van der Waals surface area contributed by atoms with Crippen LogP contribution in [0.3, 0.4) is 0 Å². The maximum absolute atomic E-state index is 11.4. The van der Waals surface area contributed by atoms with E-state index in [0.717, 1.165) is 13.0 Å². The van der Waals surface area contributed by atoms with Gasteiger partial charge in [-0.2, -0.15) is 0 Å². The van der Waals surface area contributed by atoms with Crippen LogP contribution in [0, 0.1) is 0 Å². The number of rotatable bonds is 18. The van der Waals surface area contributed by atoms with Gasteiger partial charge in [0.2, 0.25) is 0 Å². The topological polar surface area (TPSA) is 66.0 Å². The SMILES string of the molecule is CCCCCCCCCCOCCOCCOCCNC(=O)OC(C)(C)C. The molecule has 0 aliphatic carbocycles. The van der Waals surface area contributed by atoms with Crippen LogP contribution in [0.15, 0.2) is 0 Å². The van der Waals surface area contributed by atoms with Gasteiger partial charge in [0, 0.05) is 13.2 Å². The summed E-state index contributed by atoms with van der Waals surface area (Å²) in [5.74, 6) is 0. The highest BCUT2D eigenvalue weighted by Gasteiger charge is 2.15. The highest BCUT2D eigenvalue weighted by atomic mass is 16.6. The molecule has 0 radical (unpaired) electrons. The Morgan fingerprint density at radius 2 is 1.19 bits per heavy atom. The Labute approximate surface area is 166 Å². The van der Waals surface area contributed by atoms with E-state index in [1.165, 1.54) is 44.9 Å². The Morgan fingerprint density at radius 3 is 1.74 bits per heavy atom. The van der Waals surface area contributed by atoms with E-state index in [1.54, 1.807) is 0 Å². The molecule has 6 heteroatoms. The predicted molar refractivity (Wildman–Crippen MR) is 109 cm³/mol. The van der Waals surface area contributed by atoms with Gasteiger partial charge in [-0.3, -0.25) is 0 Å². The lowest BCUT2D eigenvalue weighted by Crippen LogP contribution is -2.34. The molecule has 0 fully saturated rings. The molecule has 0 unspecified atom stereocenters. The molecule has 0 saturated heterocycles. The van der Waals surface area contributed by atoms with Crippen LogP contribution >= 0.6 is 0 Å². The zero-order chi connectivity index (χ0) is 20.2. The van der Waals surface area contributed by atoms with Crippen LogP contribution in [0.5, 0.6) is 0 Å². The molecule has 0 aliphatic heterocycles. The third-order valence-corrected chi connectivity index (χ3v) is 3.80. The van der Waals surface area contributed by atoms with Gasteiger partial charge in [-0.25, -0.2) is 4.79 Å². The van der Waals surface area contributed by atoms with E-state index < -0.39 is 11.7 Å². The second-order valence-electron chi connectivity index (χ2n) is 7.74. The van der Waals surface area contributed by atoms with Crippen LogP contribution in [0.25, 0.3) is 0 Å². The Bertz CT molecular complexity index is 331. The van der Waals surface area contributed by atoms with Crippen molar-refractivity contribution in [1.82, 2.24) is 5.32 Å². The Kier molecular flexibility index (Phi) is 17.9. The molecule has 0 atom stereocenters. The van der Waals surface area contributed by atoms with Gasteiger partial charge >= 0.3 is 6.09 Å². The summed E-state index contributed by atoms with van der Waals surface area (Å²) in [4.78, 5) is 11.4. The summed E-state index contributed by atoms with van der Waals surface area (Å²) in [5.41, 5.74) is -0.477. The fraction of sp³-hybridized carbons (Fsp3) is 0.952. The largest absolute Gasteiger partial charge is 0.444 e. The van der Waals surface area contributed by atoms with Crippen molar-refractivity contribution in [2.24, 2.45) is 0 Å². The van der Waals surface area contributed by atoms with Crippen molar-refractivity contribution in [3.05, 3.63) is 0 Å². The summed E-state index contributed by atoms with van der Waals surface area (Å²) in [6, 6.07) is 0. The summed E-state index contributed by atoms with van der Waals surface area (Å²) in [5, 5.41) is 2.64. The molecule has 1 N–H and O–H groups in total. The van der Waals surface area contributed by atoms with Gasteiger partial charge in [-0.15, -0.1) is 0 Å². The number of amides is 1. The van der Waals surface area contributed by atoms with Gasteiger partial charge in [-0.05, 0) is 27.2 Å². The van der Waals surface area contributed by atoms with Gasteiger partial charge in [0.25, 0.3) is 0 Å². The van der Waals surface area contributed by atoms with E-state index in [2.05, 4.69) is 12.2 Å².